The van der Waals surface area contributed by atoms with Crippen molar-refractivity contribution in [3.63, 3.8) is 0 Å². The van der Waals surface area contributed by atoms with E-state index in [4.69, 9.17) is 33.9 Å². The summed E-state index contributed by atoms with van der Waals surface area (Å²) >= 11 is 13.6. The molecule has 1 fully saturated rings. The van der Waals surface area contributed by atoms with Gasteiger partial charge in [-0.25, -0.2) is 9.97 Å². The van der Waals surface area contributed by atoms with Crippen molar-refractivity contribution < 1.29 is 4.79 Å². The first-order valence-corrected chi connectivity index (χ1v) is 10.8. The number of fused-ring (bicyclic) bond motifs is 1. The molecule has 0 spiro atoms. The first-order valence-electron chi connectivity index (χ1n) is 9.22. The molecule has 7 nitrogen and oxygen atoms in total. The van der Waals surface area contributed by atoms with E-state index in [1.54, 1.807) is 19.2 Å². The Morgan fingerprint density at radius 2 is 2.00 bits per heavy atom. The van der Waals surface area contributed by atoms with Crippen LogP contribution in [-0.4, -0.2) is 42.1 Å². The summed E-state index contributed by atoms with van der Waals surface area (Å²) in [6, 6.07) is 5.58. The van der Waals surface area contributed by atoms with E-state index in [1.165, 1.54) is 11.3 Å². The number of aromatic nitrogens is 2. The summed E-state index contributed by atoms with van der Waals surface area (Å²) in [5.74, 6) is 0.258. The molecule has 0 bridgehead atoms. The van der Waals surface area contributed by atoms with Gasteiger partial charge in [0.05, 0.1) is 26.8 Å². The van der Waals surface area contributed by atoms with Gasteiger partial charge in [0.1, 0.15) is 9.71 Å². The number of carbonyl (C=O) groups is 1. The van der Waals surface area contributed by atoms with E-state index in [0.717, 1.165) is 31.5 Å². The third kappa shape index (κ3) is 3.98. The van der Waals surface area contributed by atoms with E-state index >= 15 is 0 Å². The zero-order chi connectivity index (χ0) is 20.5. The maximum absolute atomic E-state index is 12.3. The zero-order valence-corrected chi connectivity index (χ0v) is 18.0. The predicted molar refractivity (Wildman–Crippen MR) is 120 cm³/mol. The number of nitrogen functional groups attached to an aromatic ring is 1. The molecule has 1 aromatic carbocycles. The minimum atomic E-state index is -0.251. The van der Waals surface area contributed by atoms with Crippen molar-refractivity contribution in [2.45, 2.75) is 18.9 Å². The molecule has 0 aliphatic carbocycles. The quantitative estimate of drug-likeness (QED) is 0.482. The minimum Gasteiger partial charge on any atom is -0.397 e. The molecule has 2 aromatic heterocycles. The number of thiophene rings is 1. The molecular formula is C19H20Cl2N6OS. The fourth-order valence-corrected chi connectivity index (χ4v) is 4.71. The standard InChI is InChI=1S/C19H20Cl2N6OS/c1-23-17(28)16-14(22)13-15(9-2-3-11(20)12(21)8-9)26-19(27-18(13)29-16)25-10-4-6-24-7-5-10/h2-3,8,10,24H,4-7,22H2,1H3,(H,23,28)(H,25,26,27). The molecule has 152 valence electrons. The van der Waals surface area contributed by atoms with Gasteiger partial charge in [-0.15, -0.1) is 11.3 Å². The second kappa shape index (κ2) is 8.31. The highest BCUT2D eigenvalue weighted by Crippen LogP contribution is 2.40. The van der Waals surface area contributed by atoms with Crippen LogP contribution in [0.15, 0.2) is 18.2 Å². The predicted octanol–water partition coefficient (Wildman–Crippen LogP) is 3.77. The van der Waals surface area contributed by atoms with Gasteiger partial charge < -0.3 is 21.7 Å². The monoisotopic (exact) mass is 450 g/mol. The van der Waals surface area contributed by atoms with Gasteiger partial charge in [0.25, 0.3) is 5.91 Å². The number of hydrogen-bond donors (Lipinski definition) is 4. The average molecular weight is 451 g/mol. The molecule has 0 radical (unpaired) electrons. The molecule has 1 aliphatic rings. The van der Waals surface area contributed by atoms with Crippen LogP contribution < -0.4 is 21.7 Å². The Bertz CT molecular complexity index is 1080. The van der Waals surface area contributed by atoms with Crippen molar-refractivity contribution in [1.29, 1.82) is 0 Å². The molecule has 0 saturated carbocycles. The van der Waals surface area contributed by atoms with E-state index in [9.17, 15) is 4.79 Å². The Kier molecular flexibility index (Phi) is 5.78. The molecule has 4 rings (SSSR count). The first-order chi connectivity index (χ1) is 14.0. The minimum absolute atomic E-state index is 0.251. The van der Waals surface area contributed by atoms with Crippen molar-refractivity contribution >= 4 is 62.3 Å². The topological polar surface area (TPSA) is 105 Å². The maximum Gasteiger partial charge on any atom is 0.263 e. The maximum atomic E-state index is 12.3. The van der Waals surface area contributed by atoms with Crippen molar-refractivity contribution in [3.05, 3.63) is 33.1 Å². The molecular weight excluding hydrogens is 431 g/mol. The highest BCUT2D eigenvalue weighted by Gasteiger charge is 2.23. The van der Waals surface area contributed by atoms with Crippen molar-refractivity contribution in [2.75, 3.05) is 31.2 Å². The molecule has 1 saturated heterocycles. The highest BCUT2D eigenvalue weighted by molar-refractivity contribution is 7.21. The van der Waals surface area contributed by atoms with Crippen LogP contribution in [0.1, 0.15) is 22.5 Å². The smallest absolute Gasteiger partial charge is 0.263 e. The summed E-state index contributed by atoms with van der Waals surface area (Å²) in [5, 5.41) is 10.9. The lowest BCUT2D eigenvalue weighted by Gasteiger charge is -2.23. The van der Waals surface area contributed by atoms with Gasteiger partial charge in [-0.1, -0.05) is 29.3 Å². The van der Waals surface area contributed by atoms with Crippen LogP contribution in [0.5, 0.6) is 0 Å². The molecule has 10 heteroatoms. The number of nitrogens with one attached hydrogen (secondary N) is 3. The number of carbonyl (C=O) groups excluding carboxylic acids is 1. The lowest BCUT2D eigenvalue weighted by atomic mass is 10.1. The number of amides is 1. The Labute approximate surface area is 182 Å². The Morgan fingerprint density at radius 3 is 2.69 bits per heavy atom. The molecule has 0 atom stereocenters. The molecule has 0 unspecified atom stereocenters. The Hall–Kier alpha value is -2.13. The number of hydrogen-bond acceptors (Lipinski definition) is 7. The van der Waals surface area contributed by atoms with Crippen LogP contribution in [0.2, 0.25) is 10.0 Å². The summed E-state index contributed by atoms with van der Waals surface area (Å²) in [5.41, 5.74) is 8.07. The number of anilines is 2. The third-order valence-electron chi connectivity index (χ3n) is 4.89. The van der Waals surface area contributed by atoms with Crippen molar-refractivity contribution in [2.24, 2.45) is 0 Å². The molecule has 3 heterocycles. The van der Waals surface area contributed by atoms with Crippen LogP contribution in [0.4, 0.5) is 11.6 Å². The van der Waals surface area contributed by atoms with Crippen molar-refractivity contribution in [1.82, 2.24) is 20.6 Å². The van der Waals surface area contributed by atoms with E-state index < -0.39 is 0 Å². The fourth-order valence-electron chi connectivity index (χ4n) is 3.37. The lowest BCUT2D eigenvalue weighted by Crippen LogP contribution is -2.35. The van der Waals surface area contributed by atoms with Gasteiger partial charge in [-0.05, 0) is 38.1 Å². The fraction of sp³-hybridized carbons (Fsp3) is 0.316. The largest absolute Gasteiger partial charge is 0.397 e. The third-order valence-corrected chi connectivity index (χ3v) is 6.72. The van der Waals surface area contributed by atoms with Crippen LogP contribution in [-0.2, 0) is 0 Å². The molecule has 1 aliphatic heterocycles. The number of nitrogens with two attached hydrogens (primary N) is 1. The number of piperidine rings is 1. The number of halogens is 2. The summed E-state index contributed by atoms with van der Waals surface area (Å²) in [6.45, 7) is 1.90. The molecule has 29 heavy (non-hydrogen) atoms. The number of nitrogens with zero attached hydrogens (tertiary/aromatic N) is 2. The van der Waals surface area contributed by atoms with E-state index in [1.807, 2.05) is 6.07 Å². The average Bonchev–Trinajstić information content (AvgIpc) is 3.06. The van der Waals surface area contributed by atoms with Gasteiger partial charge in [-0.3, -0.25) is 4.79 Å². The summed E-state index contributed by atoms with van der Waals surface area (Å²) in [6.07, 6.45) is 1.97. The van der Waals surface area contributed by atoms with Gasteiger partial charge >= 0.3 is 0 Å². The lowest BCUT2D eigenvalue weighted by molar-refractivity contribution is 0.0968. The van der Waals surface area contributed by atoms with E-state index in [0.29, 0.717) is 42.5 Å². The SMILES string of the molecule is CNC(=O)c1sc2nc(NC3CCNCC3)nc(-c3ccc(Cl)c(Cl)c3)c2c1N. The van der Waals surface area contributed by atoms with Crippen LogP contribution >= 0.6 is 34.5 Å². The molecule has 3 aromatic rings. The highest BCUT2D eigenvalue weighted by atomic mass is 35.5. The van der Waals surface area contributed by atoms with Crippen LogP contribution in [0, 0.1) is 0 Å². The van der Waals surface area contributed by atoms with E-state index in [-0.39, 0.29) is 11.9 Å². The van der Waals surface area contributed by atoms with Gasteiger partial charge in [0.15, 0.2) is 0 Å². The van der Waals surface area contributed by atoms with Crippen LogP contribution in [0.3, 0.4) is 0 Å². The molecule has 1 amide bonds. The summed E-state index contributed by atoms with van der Waals surface area (Å²) in [7, 11) is 1.57. The number of benzene rings is 1. The Morgan fingerprint density at radius 1 is 1.24 bits per heavy atom. The summed E-state index contributed by atoms with van der Waals surface area (Å²) < 4.78 is 0. The second-order valence-electron chi connectivity index (χ2n) is 6.80. The molecule has 5 N–H and O–H groups in total. The number of rotatable bonds is 4. The van der Waals surface area contributed by atoms with E-state index in [2.05, 4.69) is 20.9 Å². The Balaban J connectivity index is 1.87. The van der Waals surface area contributed by atoms with Crippen LogP contribution in [0.25, 0.3) is 21.5 Å². The summed E-state index contributed by atoms with van der Waals surface area (Å²) in [4.78, 5) is 22.7. The van der Waals surface area contributed by atoms with Crippen molar-refractivity contribution in [3.8, 4) is 11.3 Å². The second-order valence-corrected chi connectivity index (χ2v) is 8.61. The first kappa shape index (κ1) is 20.2. The normalized spacial score (nSPS) is 14.9. The van der Waals surface area contributed by atoms with Gasteiger partial charge in [0.2, 0.25) is 5.95 Å². The zero-order valence-electron chi connectivity index (χ0n) is 15.7. The van der Waals surface area contributed by atoms with Gasteiger partial charge in [-0.2, -0.15) is 0 Å². The van der Waals surface area contributed by atoms with Gasteiger partial charge in [0, 0.05) is 18.7 Å².